The van der Waals surface area contributed by atoms with Crippen LogP contribution in [0.25, 0.3) is 0 Å². The van der Waals surface area contributed by atoms with Crippen molar-refractivity contribution in [3.05, 3.63) is 16.9 Å². The summed E-state index contributed by atoms with van der Waals surface area (Å²) < 4.78 is 1.11. The summed E-state index contributed by atoms with van der Waals surface area (Å²) in [7, 11) is 1.67. The summed E-state index contributed by atoms with van der Waals surface area (Å²) in [6.45, 7) is 12.6. The summed E-state index contributed by atoms with van der Waals surface area (Å²) in [6, 6.07) is 0. The molecule has 2 nitrogen and oxygen atoms in total. The van der Waals surface area contributed by atoms with Crippen LogP contribution in [-0.4, -0.2) is 17.5 Å². The fourth-order valence-electron chi connectivity index (χ4n) is 8.84. The van der Waals surface area contributed by atoms with E-state index in [2.05, 4.69) is 40.7 Å². The van der Waals surface area contributed by atoms with E-state index < -0.39 is 0 Å². The zero-order valence-corrected chi connectivity index (χ0v) is 20.7. The highest BCUT2D eigenvalue weighted by Crippen LogP contribution is 2.67. The predicted octanol–water partition coefficient (Wildman–Crippen LogP) is 7.61. The highest BCUT2D eigenvalue weighted by atomic mass is 16.5. The summed E-state index contributed by atoms with van der Waals surface area (Å²) in [6.07, 6.45) is 17.1. The van der Waals surface area contributed by atoms with Crippen LogP contribution >= 0.6 is 0 Å². The molecule has 0 amide bonds. The average molecular weight is 414 g/mol. The summed E-state index contributed by atoms with van der Waals surface area (Å²) in [5.41, 5.74) is 3.55. The van der Waals surface area contributed by atoms with Gasteiger partial charge in [-0.25, -0.2) is 4.74 Å². The fraction of sp³-hybridized carbons (Fsp3) is 0.893. The second kappa shape index (κ2) is 8.28. The van der Waals surface area contributed by atoms with Gasteiger partial charge >= 0.3 is 0 Å². The summed E-state index contributed by atoms with van der Waals surface area (Å²) in [5, 5.41) is 11.9. The van der Waals surface area contributed by atoms with Crippen molar-refractivity contribution in [2.45, 2.75) is 105 Å². The molecule has 4 aliphatic carbocycles. The molecule has 0 saturated heterocycles. The minimum Gasteiger partial charge on any atom is -0.624 e. The minimum absolute atomic E-state index is 0.352. The van der Waals surface area contributed by atoms with Crippen LogP contribution < -0.4 is 0 Å². The molecule has 0 aromatic rings. The van der Waals surface area contributed by atoms with Gasteiger partial charge in [0.05, 0.1) is 0 Å². The van der Waals surface area contributed by atoms with Crippen LogP contribution in [0.2, 0.25) is 0 Å². The lowest BCUT2D eigenvalue weighted by atomic mass is 9.46. The van der Waals surface area contributed by atoms with E-state index in [9.17, 15) is 5.21 Å². The van der Waals surface area contributed by atoms with Crippen LogP contribution in [0.4, 0.5) is 0 Å². The summed E-state index contributed by atoms with van der Waals surface area (Å²) >= 11 is 0. The van der Waals surface area contributed by atoms with Gasteiger partial charge in [-0.05, 0) is 91.3 Å². The number of nitrogens with zero attached hydrogens (tertiary/aromatic N) is 1. The van der Waals surface area contributed by atoms with Gasteiger partial charge in [-0.3, -0.25) is 0 Å². The van der Waals surface area contributed by atoms with Crippen molar-refractivity contribution in [3.8, 4) is 0 Å². The first-order valence-corrected chi connectivity index (χ1v) is 13.1. The third kappa shape index (κ3) is 3.69. The lowest BCUT2D eigenvalue weighted by molar-refractivity contribution is -0.423. The van der Waals surface area contributed by atoms with Gasteiger partial charge in [0, 0.05) is 12.5 Å². The molecule has 4 rings (SSSR count). The highest BCUT2D eigenvalue weighted by molar-refractivity contribution is 5.92. The fourth-order valence-corrected chi connectivity index (χ4v) is 8.84. The first-order chi connectivity index (χ1) is 14.2. The number of rotatable bonds is 5. The molecule has 170 valence electrons. The molecule has 0 aromatic carbocycles. The van der Waals surface area contributed by atoms with Crippen molar-refractivity contribution < 1.29 is 4.74 Å². The number of fused-ring (bicyclic) bond motifs is 5. The van der Waals surface area contributed by atoms with Crippen molar-refractivity contribution in [2.24, 2.45) is 46.3 Å². The Labute approximate surface area is 186 Å². The first-order valence-electron chi connectivity index (χ1n) is 13.1. The highest BCUT2D eigenvalue weighted by Gasteiger charge is 2.59. The molecule has 0 bridgehead atoms. The minimum atomic E-state index is 0.352. The second-order valence-electron chi connectivity index (χ2n) is 12.5. The molecule has 2 heteroatoms. The number of allylic oxidation sites excluding steroid dienone is 2. The maximum absolute atomic E-state index is 11.9. The third-order valence-electron chi connectivity index (χ3n) is 10.6. The van der Waals surface area contributed by atoms with E-state index in [0.717, 1.165) is 52.4 Å². The van der Waals surface area contributed by atoms with Crippen LogP contribution in [0.3, 0.4) is 0 Å². The lowest BCUT2D eigenvalue weighted by Crippen LogP contribution is -2.51. The van der Waals surface area contributed by atoms with Crippen molar-refractivity contribution in [1.29, 1.82) is 0 Å². The van der Waals surface area contributed by atoms with Crippen LogP contribution in [0, 0.1) is 51.5 Å². The van der Waals surface area contributed by atoms with E-state index in [1.165, 1.54) is 64.2 Å². The van der Waals surface area contributed by atoms with Gasteiger partial charge in [-0.15, -0.1) is 0 Å². The molecule has 0 spiro atoms. The molecule has 3 fully saturated rings. The molecule has 0 aliphatic heterocycles. The third-order valence-corrected chi connectivity index (χ3v) is 10.6. The van der Waals surface area contributed by atoms with Crippen molar-refractivity contribution in [1.82, 2.24) is 0 Å². The van der Waals surface area contributed by atoms with E-state index in [-0.39, 0.29) is 0 Å². The van der Waals surface area contributed by atoms with Gasteiger partial charge in [0.1, 0.15) is 7.05 Å². The smallest absolute Gasteiger partial charge is 0.186 e. The maximum Gasteiger partial charge on any atom is 0.186 e. The van der Waals surface area contributed by atoms with E-state index in [4.69, 9.17) is 0 Å². The molecule has 0 aromatic heterocycles. The Morgan fingerprint density at radius 2 is 1.77 bits per heavy atom. The molecule has 0 heterocycles. The van der Waals surface area contributed by atoms with Gasteiger partial charge in [-0.1, -0.05) is 59.5 Å². The standard InChI is InChI=1S/C28H47NO/c1-19(2)8-7-9-20(3)24-12-13-25-23-11-10-21-18-22(29(6)30)14-16-27(21,4)26(23)15-17-28(24,25)5/h18-20,23-26H,7-17H2,1-6H3/b29-22+/t20?,23-,24+,25-,26-,27-,28+/m0/s1. The average Bonchev–Trinajstić information content (AvgIpc) is 3.04. The van der Waals surface area contributed by atoms with Gasteiger partial charge in [0.25, 0.3) is 0 Å². The zero-order valence-electron chi connectivity index (χ0n) is 20.7. The van der Waals surface area contributed by atoms with Gasteiger partial charge in [0.2, 0.25) is 0 Å². The number of hydrogen-bond acceptors (Lipinski definition) is 1. The number of hydrogen-bond donors (Lipinski definition) is 0. The van der Waals surface area contributed by atoms with Gasteiger partial charge in [0.15, 0.2) is 5.71 Å². The molecule has 30 heavy (non-hydrogen) atoms. The molecule has 4 aliphatic rings. The normalized spacial score (nSPS) is 43.5. The molecular formula is C28H47NO. The van der Waals surface area contributed by atoms with Crippen LogP contribution in [-0.2, 0) is 0 Å². The second-order valence-corrected chi connectivity index (χ2v) is 12.5. The molecule has 0 N–H and O–H groups in total. The Morgan fingerprint density at radius 1 is 1.00 bits per heavy atom. The van der Waals surface area contributed by atoms with Crippen molar-refractivity contribution >= 4 is 5.71 Å². The SMILES string of the molecule is CC(C)CCCC(C)[C@H]1CC[C@H]2[C@@H]3CCC4=C/C(=[N+](\C)[O-])CC[C@]4(C)[C@H]3CC[C@]12C. The molecule has 0 radical (unpaired) electrons. The predicted molar refractivity (Wildman–Crippen MR) is 128 cm³/mol. The van der Waals surface area contributed by atoms with Crippen LogP contribution in [0.5, 0.6) is 0 Å². The maximum atomic E-state index is 11.9. The molecule has 7 atom stereocenters. The topological polar surface area (TPSA) is 26.1 Å². The Morgan fingerprint density at radius 3 is 2.47 bits per heavy atom. The first kappa shape index (κ1) is 22.4. The number of hydroxylamine groups is 1. The zero-order chi connectivity index (χ0) is 21.7. The molecular weight excluding hydrogens is 366 g/mol. The Kier molecular flexibility index (Phi) is 6.19. The Hall–Kier alpha value is -0.790. The van der Waals surface area contributed by atoms with Gasteiger partial charge < -0.3 is 5.21 Å². The van der Waals surface area contributed by atoms with Crippen molar-refractivity contribution in [2.75, 3.05) is 7.05 Å². The van der Waals surface area contributed by atoms with E-state index in [0.29, 0.717) is 10.8 Å². The lowest BCUT2D eigenvalue weighted by Gasteiger charge is -2.58. The van der Waals surface area contributed by atoms with E-state index in [1.54, 1.807) is 12.6 Å². The summed E-state index contributed by atoms with van der Waals surface area (Å²) in [4.78, 5) is 0. The Balaban J connectivity index is 1.50. The van der Waals surface area contributed by atoms with Crippen molar-refractivity contribution in [3.63, 3.8) is 0 Å². The van der Waals surface area contributed by atoms with Crippen LogP contribution in [0.15, 0.2) is 11.6 Å². The van der Waals surface area contributed by atoms with E-state index >= 15 is 0 Å². The van der Waals surface area contributed by atoms with E-state index in [1.807, 2.05) is 0 Å². The Bertz CT molecular complexity index is 701. The monoisotopic (exact) mass is 413 g/mol. The molecule has 3 saturated carbocycles. The summed E-state index contributed by atoms with van der Waals surface area (Å²) in [5.74, 6) is 5.40. The molecule has 1 unspecified atom stereocenters. The van der Waals surface area contributed by atoms with Crippen LogP contribution in [0.1, 0.15) is 105 Å². The quantitative estimate of drug-likeness (QED) is 0.259. The largest absolute Gasteiger partial charge is 0.624 e. The van der Waals surface area contributed by atoms with Gasteiger partial charge in [-0.2, -0.15) is 0 Å².